The van der Waals surface area contributed by atoms with Gasteiger partial charge in [-0.3, -0.25) is 4.90 Å². The van der Waals surface area contributed by atoms with Gasteiger partial charge in [-0.2, -0.15) is 13.2 Å². The average molecular weight is 292 g/mol. The first-order chi connectivity index (χ1) is 9.32. The van der Waals surface area contributed by atoms with Crippen LogP contribution in [0.2, 0.25) is 0 Å². The summed E-state index contributed by atoms with van der Waals surface area (Å²) in [6.45, 7) is 2.69. The van der Waals surface area contributed by atoms with Gasteiger partial charge in [-0.1, -0.05) is 6.07 Å². The lowest BCUT2D eigenvalue weighted by molar-refractivity contribution is -0.188. The van der Waals surface area contributed by atoms with Gasteiger partial charge in [-0.15, -0.1) is 0 Å². The number of benzene rings is 1. The summed E-state index contributed by atoms with van der Waals surface area (Å²) in [5.74, 6) is -1.94. The van der Waals surface area contributed by atoms with Crippen molar-refractivity contribution in [2.24, 2.45) is 0 Å². The topological polar surface area (TPSA) is 35.5 Å². The van der Waals surface area contributed by atoms with Gasteiger partial charge < -0.3 is 10.4 Å². The molecule has 0 unspecified atom stereocenters. The van der Waals surface area contributed by atoms with E-state index in [1.54, 1.807) is 0 Å². The number of nitrogens with one attached hydrogen (secondary N) is 1. The Kier molecular flexibility index (Phi) is 4.19. The Morgan fingerprint density at radius 2 is 1.85 bits per heavy atom. The Morgan fingerprint density at radius 3 is 2.40 bits per heavy atom. The number of piperazine rings is 1. The van der Waals surface area contributed by atoms with E-state index in [9.17, 15) is 22.7 Å². The fraction of sp³-hybridized carbons (Fsp3) is 0.538. The fourth-order valence-electron chi connectivity index (χ4n) is 2.52. The molecule has 112 valence electrons. The molecule has 7 heteroatoms. The van der Waals surface area contributed by atoms with Crippen molar-refractivity contribution < 1.29 is 22.7 Å². The van der Waals surface area contributed by atoms with Gasteiger partial charge in [-0.05, 0) is 18.6 Å². The van der Waals surface area contributed by atoms with Crippen LogP contribution in [0.4, 0.5) is 17.6 Å². The molecule has 0 amide bonds. The van der Waals surface area contributed by atoms with Crippen LogP contribution in [0, 0.1) is 12.7 Å². The maximum atomic E-state index is 13.4. The molecule has 0 spiro atoms. The van der Waals surface area contributed by atoms with Crippen LogP contribution < -0.4 is 5.32 Å². The van der Waals surface area contributed by atoms with Crippen LogP contribution >= 0.6 is 0 Å². The number of hydrogen-bond acceptors (Lipinski definition) is 3. The number of phenolic OH excluding ortho intramolecular Hbond substituents is 1. The van der Waals surface area contributed by atoms with Gasteiger partial charge in [0.25, 0.3) is 0 Å². The molecule has 1 saturated heterocycles. The monoisotopic (exact) mass is 292 g/mol. The highest BCUT2D eigenvalue weighted by Crippen LogP contribution is 2.43. The molecule has 2 rings (SSSR count). The third-order valence-corrected chi connectivity index (χ3v) is 3.49. The first kappa shape index (κ1) is 15.1. The molecule has 2 N–H and O–H groups in total. The number of nitrogens with zero attached hydrogens (tertiary/aromatic N) is 1. The van der Waals surface area contributed by atoms with Crippen molar-refractivity contribution in [3.63, 3.8) is 0 Å². The highest BCUT2D eigenvalue weighted by molar-refractivity contribution is 5.43. The maximum absolute atomic E-state index is 13.4. The van der Waals surface area contributed by atoms with E-state index in [0.717, 1.165) is 6.07 Å². The number of aromatic hydroxyl groups is 1. The molecule has 0 aromatic heterocycles. The minimum Gasteiger partial charge on any atom is -0.505 e. The van der Waals surface area contributed by atoms with Crippen molar-refractivity contribution in [1.82, 2.24) is 10.2 Å². The Balaban J connectivity index is 2.49. The van der Waals surface area contributed by atoms with Gasteiger partial charge in [0.05, 0.1) is 0 Å². The summed E-state index contributed by atoms with van der Waals surface area (Å²) in [4.78, 5) is 1.22. The maximum Gasteiger partial charge on any atom is 0.408 e. The summed E-state index contributed by atoms with van der Waals surface area (Å²) in [6, 6.07) is 0.241. The minimum absolute atomic E-state index is 0.194. The van der Waals surface area contributed by atoms with Crippen LogP contribution in [0.3, 0.4) is 0 Å². The molecule has 0 bridgehead atoms. The predicted molar refractivity (Wildman–Crippen MR) is 66.0 cm³/mol. The molecule has 1 aromatic rings. The second-order valence-electron chi connectivity index (χ2n) is 4.86. The number of rotatable bonds is 2. The number of aryl methyl sites for hydroxylation is 1. The summed E-state index contributed by atoms with van der Waals surface area (Å²) in [6.07, 6.45) is -4.58. The van der Waals surface area contributed by atoms with Crippen LogP contribution in [0.1, 0.15) is 17.2 Å². The molecular weight excluding hydrogens is 276 g/mol. The van der Waals surface area contributed by atoms with Crippen molar-refractivity contribution >= 4 is 0 Å². The molecule has 0 aliphatic carbocycles. The van der Waals surface area contributed by atoms with E-state index >= 15 is 0 Å². The Labute approximate surface area is 114 Å². The first-order valence-corrected chi connectivity index (χ1v) is 6.32. The number of hydrogen-bond donors (Lipinski definition) is 2. The smallest absolute Gasteiger partial charge is 0.408 e. The van der Waals surface area contributed by atoms with Gasteiger partial charge in [0.1, 0.15) is 6.04 Å². The van der Waals surface area contributed by atoms with Crippen LogP contribution in [0.15, 0.2) is 12.1 Å². The molecule has 1 aliphatic rings. The Bertz CT molecular complexity index is 484. The van der Waals surface area contributed by atoms with Crippen LogP contribution in [-0.4, -0.2) is 42.4 Å². The van der Waals surface area contributed by atoms with Gasteiger partial charge in [0.2, 0.25) is 0 Å². The highest BCUT2D eigenvalue weighted by atomic mass is 19.4. The van der Waals surface area contributed by atoms with Gasteiger partial charge in [0, 0.05) is 31.7 Å². The minimum atomic E-state index is -4.58. The van der Waals surface area contributed by atoms with E-state index in [1.165, 1.54) is 17.9 Å². The van der Waals surface area contributed by atoms with Crippen LogP contribution in [-0.2, 0) is 0 Å². The second kappa shape index (κ2) is 5.57. The van der Waals surface area contributed by atoms with E-state index in [4.69, 9.17) is 0 Å². The Hall–Kier alpha value is -1.34. The zero-order valence-electron chi connectivity index (χ0n) is 11.0. The van der Waals surface area contributed by atoms with E-state index in [1.807, 2.05) is 0 Å². The molecule has 1 atom stereocenters. The lowest BCUT2D eigenvalue weighted by atomic mass is 9.97. The van der Waals surface area contributed by atoms with Gasteiger partial charge in [0.15, 0.2) is 11.6 Å². The lowest BCUT2D eigenvalue weighted by Gasteiger charge is -2.37. The molecule has 3 nitrogen and oxygen atoms in total. The standard InChI is InChI=1S/C13H16F4N2O/c1-8-2-3-9(14)11(20)10(8)12(13(15,16)17)19-6-4-18-5-7-19/h2-3,12,18,20H,4-7H2,1H3/t12-/m1/s1. The number of alkyl halides is 3. The van der Waals surface area contributed by atoms with E-state index in [-0.39, 0.29) is 24.2 Å². The van der Waals surface area contributed by atoms with E-state index < -0.39 is 23.8 Å². The zero-order chi connectivity index (χ0) is 14.9. The van der Waals surface area contributed by atoms with E-state index in [0.29, 0.717) is 13.1 Å². The fourth-order valence-corrected chi connectivity index (χ4v) is 2.52. The molecular formula is C13H16F4N2O. The lowest BCUT2D eigenvalue weighted by Crippen LogP contribution is -2.49. The number of halogens is 4. The summed E-state index contributed by atoms with van der Waals surface area (Å²) in [5, 5.41) is 12.7. The largest absolute Gasteiger partial charge is 0.505 e. The van der Waals surface area contributed by atoms with Crippen molar-refractivity contribution in [3.05, 3.63) is 29.1 Å². The molecule has 1 fully saturated rings. The third kappa shape index (κ3) is 2.88. The van der Waals surface area contributed by atoms with Crippen molar-refractivity contribution in [3.8, 4) is 5.75 Å². The SMILES string of the molecule is Cc1ccc(F)c(O)c1[C@@H](N1CCNCC1)C(F)(F)F. The number of phenols is 1. The van der Waals surface area contributed by atoms with Crippen LogP contribution in [0.5, 0.6) is 5.75 Å². The summed E-state index contributed by atoms with van der Waals surface area (Å²) in [5.41, 5.74) is -0.163. The second-order valence-corrected chi connectivity index (χ2v) is 4.86. The molecule has 1 heterocycles. The average Bonchev–Trinajstić information content (AvgIpc) is 2.39. The summed E-state index contributed by atoms with van der Waals surface area (Å²) < 4.78 is 53.6. The normalized spacial score (nSPS) is 19.1. The molecule has 1 aromatic carbocycles. The Morgan fingerprint density at radius 1 is 1.25 bits per heavy atom. The van der Waals surface area contributed by atoms with Gasteiger partial charge in [-0.25, -0.2) is 4.39 Å². The molecule has 1 aliphatic heterocycles. The van der Waals surface area contributed by atoms with Crippen molar-refractivity contribution in [2.75, 3.05) is 26.2 Å². The van der Waals surface area contributed by atoms with Crippen molar-refractivity contribution in [2.45, 2.75) is 19.1 Å². The van der Waals surface area contributed by atoms with Gasteiger partial charge >= 0.3 is 6.18 Å². The predicted octanol–water partition coefficient (Wildman–Crippen LogP) is 2.35. The highest BCUT2D eigenvalue weighted by Gasteiger charge is 2.47. The van der Waals surface area contributed by atoms with Crippen molar-refractivity contribution in [1.29, 1.82) is 0 Å². The third-order valence-electron chi connectivity index (χ3n) is 3.49. The zero-order valence-corrected chi connectivity index (χ0v) is 11.0. The first-order valence-electron chi connectivity index (χ1n) is 6.32. The summed E-state index contributed by atoms with van der Waals surface area (Å²) >= 11 is 0. The van der Waals surface area contributed by atoms with Crippen LogP contribution in [0.25, 0.3) is 0 Å². The molecule has 0 saturated carbocycles. The quantitative estimate of drug-likeness (QED) is 0.821. The van der Waals surface area contributed by atoms with E-state index in [2.05, 4.69) is 5.32 Å². The molecule has 0 radical (unpaired) electrons. The molecule has 20 heavy (non-hydrogen) atoms. The summed E-state index contributed by atoms with van der Waals surface area (Å²) in [7, 11) is 0.